The zero-order valence-corrected chi connectivity index (χ0v) is 14.5. The van der Waals surface area contributed by atoms with E-state index in [4.69, 9.17) is 0 Å². The van der Waals surface area contributed by atoms with E-state index in [0.29, 0.717) is 6.54 Å². The summed E-state index contributed by atoms with van der Waals surface area (Å²) in [5, 5.41) is 2.90. The van der Waals surface area contributed by atoms with Gasteiger partial charge in [-0.15, -0.1) is 0 Å². The van der Waals surface area contributed by atoms with Gasteiger partial charge in [-0.3, -0.25) is 9.59 Å². The van der Waals surface area contributed by atoms with Gasteiger partial charge in [-0.25, -0.2) is 4.39 Å². The van der Waals surface area contributed by atoms with E-state index in [9.17, 15) is 14.0 Å². The minimum Gasteiger partial charge on any atom is -0.355 e. The molecule has 130 valence electrons. The van der Waals surface area contributed by atoms with Crippen LogP contribution in [0.15, 0.2) is 42.5 Å². The molecule has 1 aliphatic heterocycles. The largest absolute Gasteiger partial charge is 0.355 e. The molecule has 1 heterocycles. The van der Waals surface area contributed by atoms with Crippen LogP contribution in [0.1, 0.15) is 34.6 Å². The number of halogens is 1. The van der Waals surface area contributed by atoms with Gasteiger partial charge in [-0.05, 0) is 42.7 Å². The Balaban J connectivity index is 1.73. The van der Waals surface area contributed by atoms with Crippen molar-refractivity contribution in [1.29, 1.82) is 0 Å². The van der Waals surface area contributed by atoms with Crippen molar-refractivity contribution in [3.05, 3.63) is 70.5 Å². The van der Waals surface area contributed by atoms with Crippen LogP contribution in [-0.4, -0.2) is 18.2 Å². The summed E-state index contributed by atoms with van der Waals surface area (Å²) in [5.74, 6) is -0.693. The van der Waals surface area contributed by atoms with Crippen molar-refractivity contribution in [2.75, 3.05) is 6.54 Å². The predicted molar refractivity (Wildman–Crippen MR) is 94.9 cm³/mol. The van der Waals surface area contributed by atoms with Crippen molar-refractivity contribution >= 4 is 11.7 Å². The first kappa shape index (κ1) is 17.3. The van der Waals surface area contributed by atoms with E-state index >= 15 is 0 Å². The molecule has 4 heteroatoms. The Kier molecular flexibility index (Phi) is 4.98. The van der Waals surface area contributed by atoms with Crippen LogP contribution < -0.4 is 5.32 Å². The second-order valence-electron chi connectivity index (χ2n) is 6.86. The molecule has 2 atom stereocenters. The summed E-state index contributed by atoms with van der Waals surface area (Å²) >= 11 is 0. The van der Waals surface area contributed by atoms with Gasteiger partial charge in [0, 0.05) is 25.3 Å². The Morgan fingerprint density at radius 2 is 1.88 bits per heavy atom. The topological polar surface area (TPSA) is 46.2 Å². The quantitative estimate of drug-likeness (QED) is 0.906. The summed E-state index contributed by atoms with van der Waals surface area (Å²) in [5.41, 5.74) is 4.23. The van der Waals surface area contributed by atoms with E-state index in [1.54, 1.807) is 12.1 Å². The number of Topliss-reactive ketones (excluding diaryl/α,β-unsaturated/α-hetero) is 1. The molecule has 1 saturated heterocycles. The summed E-state index contributed by atoms with van der Waals surface area (Å²) in [7, 11) is 0. The minimum atomic E-state index is -0.339. The van der Waals surface area contributed by atoms with Crippen molar-refractivity contribution in [3.63, 3.8) is 0 Å². The summed E-state index contributed by atoms with van der Waals surface area (Å²) in [4.78, 5) is 24.7. The van der Waals surface area contributed by atoms with Gasteiger partial charge in [0.25, 0.3) is 0 Å². The molecule has 1 N–H and O–H groups in total. The first-order valence-corrected chi connectivity index (χ1v) is 8.55. The molecular weight excluding hydrogens is 317 g/mol. The molecule has 1 fully saturated rings. The molecule has 3 nitrogen and oxygen atoms in total. The fourth-order valence-electron chi connectivity index (χ4n) is 3.62. The first-order valence-electron chi connectivity index (χ1n) is 8.55. The first-order chi connectivity index (χ1) is 11.9. The van der Waals surface area contributed by atoms with Gasteiger partial charge in [0.2, 0.25) is 5.91 Å². The lowest BCUT2D eigenvalue weighted by Gasteiger charge is -2.19. The normalized spacial score (nSPS) is 19.7. The molecule has 0 bridgehead atoms. The van der Waals surface area contributed by atoms with Crippen molar-refractivity contribution < 1.29 is 14.0 Å². The Labute approximate surface area is 147 Å². The van der Waals surface area contributed by atoms with Crippen LogP contribution in [0.25, 0.3) is 0 Å². The highest BCUT2D eigenvalue weighted by molar-refractivity contribution is 5.90. The minimum absolute atomic E-state index is 0.00317. The van der Waals surface area contributed by atoms with Crippen molar-refractivity contribution in [1.82, 2.24) is 5.32 Å². The maximum atomic E-state index is 13.0. The summed E-state index contributed by atoms with van der Waals surface area (Å²) in [6, 6.07) is 12.1. The average molecular weight is 339 g/mol. The van der Waals surface area contributed by atoms with Gasteiger partial charge < -0.3 is 5.32 Å². The van der Waals surface area contributed by atoms with E-state index in [-0.39, 0.29) is 42.2 Å². The van der Waals surface area contributed by atoms with Gasteiger partial charge in [-0.2, -0.15) is 0 Å². The molecule has 25 heavy (non-hydrogen) atoms. The van der Waals surface area contributed by atoms with Gasteiger partial charge in [0.1, 0.15) is 11.6 Å². The summed E-state index contributed by atoms with van der Waals surface area (Å²) < 4.78 is 13.0. The molecule has 1 amide bonds. The third-order valence-electron chi connectivity index (χ3n) is 4.91. The maximum Gasteiger partial charge on any atom is 0.224 e. The molecule has 0 unspecified atom stereocenters. The molecule has 0 aliphatic carbocycles. The predicted octanol–water partition coefficient (Wildman–Crippen LogP) is 3.47. The Morgan fingerprint density at radius 3 is 2.56 bits per heavy atom. The molecule has 0 saturated carbocycles. The van der Waals surface area contributed by atoms with Crippen LogP contribution in [0.2, 0.25) is 0 Å². The fraction of sp³-hybridized carbons (Fsp3) is 0.333. The van der Waals surface area contributed by atoms with Crippen LogP contribution in [0, 0.1) is 25.6 Å². The monoisotopic (exact) mass is 339 g/mol. The number of carbonyl (C=O) groups is 2. The van der Waals surface area contributed by atoms with Crippen molar-refractivity contribution in [2.45, 2.75) is 32.6 Å². The van der Waals surface area contributed by atoms with Gasteiger partial charge in [-0.1, -0.05) is 35.9 Å². The number of hydrogen-bond donors (Lipinski definition) is 1. The fourth-order valence-corrected chi connectivity index (χ4v) is 3.62. The third-order valence-corrected chi connectivity index (χ3v) is 4.91. The highest BCUT2D eigenvalue weighted by atomic mass is 19.1. The number of ketones is 1. The van der Waals surface area contributed by atoms with Gasteiger partial charge in [0.05, 0.1) is 5.92 Å². The number of nitrogens with one attached hydrogen (secondary N) is 1. The van der Waals surface area contributed by atoms with Crippen LogP contribution >= 0.6 is 0 Å². The second kappa shape index (κ2) is 7.18. The highest BCUT2D eigenvalue weighted by Crippen LogP contribution is 2.34. The van der Waals surface area contributed by atoms with Crippen LogP contribution in [0.5, 0.6) is 0 Å². The van der Waals surface area contributed by atoms with Crippen molar-refractivity contribution in [3.8, 4) is 0 Å². The number of aryl methyl sites for hydroxylation is 2. The average Bonchev–Trinajstić information content (AvgIpc) is 2.91. The number of hydrogen-bond acceptors (Lipinski definition) is 2. The molecule has 0 radical (unpaired) electrons. The van der Waals surface area contributed by atoms with E-state index < -0.39 is 0 Å². The second-order valence-corrected chi connectivity index (χ2v) is 6.86. The number of rotatable bonds is 5. The molecular formula is C21H22FNO2. The third kappa shape index (κ3) is 3.95. The molecule has 0 aromatic heterocycles. The van der Waals surface area contributed by atoms with Crippen molar-refractivity contribution in [2.24, 2.45) is 5.92 Å². The number of benzene rings is 2. The highest BCUT2D eigenvalue weighted by Gasteiger charge is 2.37. The summed E-state index contributed by atoms with van der Waals surface area (Å²) in [6.45, 7) is 4.65. The SMILES string of the molecule is Cc1ccc([C@@H]2CNC(=O)[C@H]2CC(=O)Cc2ccc(F)cc2)c(C)c1. The Bertz CT molecular complexity index is 798. The lowest BCUT2D eigenvalue weighted by atomic mass is 9.82. The molecule has 1 aliphatic rings. The van der Waals surface area contributed by atoms with Gasteiger partial charge >= 0.3 is 0 Å². The van der Waals surface area contributed by atoms with Crippen LogP contribution in [-0.2, 0) is 16.0 Å². The molecule has 2 aromatic rings. The number of carbonyl (C=O) groups excluding carboxylic acids is 2. The van der Waals surface area contributed by atoms with Crippen LogP contribution in [0.3, 0.4) is 0 Å². The Hall–Kier alpha value is -2.49. The standard InChI is InChI=1S/C21H22FNO2/c1-13-3-8-18(14(2)9-13)20-12-23-21(25)19(20)11-17(24)10-15-4-6-16(22)7-5-15/h3-9,19-20H,10-12H2,1-2H3,(H,23,25)/t19-,20-/m0/s1. The van der Waals surface area contributed by atoms with E-state index in [0.717, 1.165) is 16.7 Å². The molecule has 0 spiro atoms. The van der Waals surface area contributed by atoms with Gasteiger partial charge in [0.15, 0.2) is 0 Å². The zero-order valence-electron chi connectivity index (χ0n) is 14.5. The Morgan fingerprint density at radius 1 is 1.16 bits per heavy atom. The van der Waals surface area contributed by atoms with E-state index in [2.05, 4.69) is 17.4 Å². The summed E-state index contributed by atoms with van der Waals surface area (Å²) in [6.07, 6.45) is 0.435. The van der Waals surface area contributed by atoms with E-state index in [1.165, 1.54) is 17.7 Å². The van der Waals surface area contributed by atoms with E-state index in [1.807, 2.05) is 19.9 Å². The lowest BCUT2D eigenvalue weighted by molar-refractivity contribution is -0.127. The number of amides is 1. The molecule has 3 rings (SSSR count). The molecule has 2 aromatic carbocycles. The lowest BCUT2D eigenvalue weighted by Crippen LogP contribution is -2.23. The smallest absolute Gasteiger partial charge is 0.224 e. The van der Waals surface area contributed by atoms with Crippen LogP contribution in [0.4, 0.5) is 4.39 Å². The maximum absolute atomic E-state index is 13.0. The zero-order chi connectivity index (χ0) is 18.0.